The van der Waals surface area contributed by atoms with Gasteiger partial charge in [-0.05, 0) is 31.2 Å². The van der Waals surface area contributed by atoms with Gasteiger partial charge in [0.1, 0.15) is 12.1 Å². The summed E-state index contributed by atoms with van der Waals surface area (Å²) in [5, 5.41) is 1.21. The van der Waals surface area contributed by atoms with Crippen LogP contribution in [0.3, 0.4) is 0 Å². The van der Waals surface area contributed by atoms with E-state index in [0.29, 0.717) is 53.5 Å². The van der Waals surface area contributed by atoms with Crippen molar-refractivity contribution >= 4 is 40.5 Å². The van der Waals surface area contributed by atoms with Gasteiger partial charge in [-0.15, -0.1) is 0 Å². The highest BCUT2D eigenvalue weighted by atomic mass is 35.5. The molecule has 1 amide bonds. The van der Waals surface area contributed by atoms with E-state index in [0.717, 1.165) is 18.5 Å². The molecule has 1 unspecified atom stereocenters. The monoisotopic (exact) mass is 464 g/mol. The molecule has 1 saturated heterocycles. The summed E-state index contributed by atoms with van der Waals surface area (Å²) in [6, 6.07) is 7.08. The van der Waals surface area contributed by atoms with Crippen LogP contribution in [-0.2, 0) is 11.0 Å². The minimum atomic E-state index is -4.43. The van der Waals surface area contributed by atoms with E-state index in [-0.39, 0.29) is 5.91 Å². The predicted octanol–water partition coefficient (Wildman–Crippen LogP) is 4.43. The van der Waals surface area contributed by atoms with Crippen molar-refractivity contribution < 1.29 is 22.8 Å². The summed E-state index contributed by atoms with van der Waals surface area (Å²) in [5.74, 6) is 0.269. The Morgan fingerprint density at radius 3 is 2.47 bits per heavy atom. The fourth-order valence-corrected chi connectivity index (χ4v) is 4.01. The number of aromatic nitrogens is 2. The van der Waals surface area contributed by atoms with Crippen molar-refractivity contribution in [1.29, 1.82) is 0 Å². The minimum absolute atomic E-state index is 0.172. The van der Waals surface area contributed by atoms with Gasteiger partial charge >= 0.3 is 6.18 Å². The van der Waals surface area contributed by atoms with E-state index in [1.807, 2.05) is 4.90 Å². The van der Waals surface area contributed by atoms with Gasteiger partial charge in [-0.2, -0.15) is 13.2 Å². The highest BCUT2D eigenvalue weighted by molar-refractivity contribution is 6.31. The molecule has 2 aromatic heterocycles. The zero-order valence-corrected chi connectivity index (χ0v) is 17.9. The summed E-state index contributed by atoms with van der Waals surface area (Å²) in [6.07, 6.45) is -1.14. The van der Waals surface area contributed by atoms with Gasteiger partial charge in [0.2, 0.25) is 0 Å². The lowest BCUT2D eigenvalue weighted by Gasteiger charge is -2.35. The first-order valence-electron chi connectivity index (χ1n) is 10.0. The lowest BCUT2D eigenvalue weighted by molar-refractivity contribution is -0.137. The van der Waals surface area contributed by atoms with E-state index in [4.69, 9.17) is 11.6 Å². The Labute approximate surface area is 187 Å². The largest absolute Gasteiger partial charge is 0.417 e. The lowest BCUT2D eigenvalue weighted by atomic mass is 10.1. The number of piperazine rings is 1. The maximum absolute atomic E-state index is 13.3. The second-order valence-corrected chi connectivity index (χ2v) is 8.11. The number of hydrogen-bond donors (Lipinski definition) is 0. The highest BCUT2D eigenvalue weighted by Gasteiger charge is 2.31. The van der Waals surface area contributed by atoms with Gasteiger partial charge in [-0.25, -0.2) is 4.98 Å². The zero-order valence-electron chi connectivity index (χ0n) is 17.1. The molecule has 1 aliphatic heterocycles. The van der Waals surface area contributed by atoms with Crippen molar-refractivity contribution in [2.45, 2.75) is 19.1 Å². The number of fused-ring (bicyclic) bond motifs is 1. The molecular formula is C22H20ClF3N4O2. The average molecular weight is 465 g/mol. The van der Waals surface area contributed by atoms with E-state index >= 15 is 0 Å². The van der Waals surface area contributed by atoms with Crippen LogP contribution in [-0.4, -0.2) is 52.8 Å². The van der Waals surface area contributed by atoms with Crippen LogP contribution in [0.4, 0.5) is 19.0 Å². The molecular weight excluding hydrogens is 445 g/mol. The Balaban J connectivity index is 1.51. The van der Waals surface area contributed by atoms with E-state index in [9.17, 15) is 22.8 Å². The molecule has 1 fully saturated rings. The molecule has 4 rings (SSSR count). The molecule has 3 aromatic rings. The summed E-state index contributed by atoms with van der Waals surface area (Å²) in [6.45, 7) is 3.41. The van der Waals surface area contributed by atoms with Crippen LogP contribution in [0.5, 0.6) is 0 Å². The average Bonchev–Trinajstić information content (AvgIpc) is 3.16. The first kappa shape index (κ1) is 22.1. The SMILES string of the molecule is CC(C=O)n1cc(C(=O)N2CCN(c3ccc(C(F)(F)F)cn3)CC2)c2ccc(Cl)cc21. The van der Waals surface area contributed by atoms with Gasteiger partial charge in [-0.1, -0.05) is 17.7 Å². The fourth-order valence-electron chi connectivity index (χ4n) is 3.85. The van der Waals surface area contributed by atoms with Gasteiger partial charge in [0.15, 0.2) is 0 Å². The molecule has 32 heavy (non-hydrogen) atoms. The Morgan fingerprint density at radius 2 is 1.88 bits per heavy atom. The molecule has 3 heterocycles. The van der Waals surface area contributed by atoms with Gasteiger partial charge < -0.3 is 19.2 Å². The molecule has 0 N–H and O–H groups in total. The Hall–Kier alpha value is -3.07. The molecule has 0 aliphatic carbocycles. The van der Waals surface area contributed by atoms with Crippen molar-refractivity contribution in [2.24, 2.45) is 0 Å². The summed E-state index contributed by atoms with van der Waals surface area (Å²) >= 11 is 6.11. The topological polar surface area (TPSA) is 58.4 Å². The van der Waals surface area contributed by atoms with Crippen molar-refractivity contribution in [1.82, 2.24) is 14.5 Å². The van der Waals surface area contributed by atoms with Crippen LogP contribution in [0.25, 0.3) is 10.9 Å². The first-order chi connectivity index (χ1) is 15.2. The minimum Gasteiger partial charge on any atom is -0.353 e. The van der Waals surface area contributed by atoms with Gasteiger partial charge in [0, 0.05) is 49.0 Å². The number of anilines is 1. The second kappa shape index (κ2) is 8.46. The molecule has 1 aromatic carbocycles. The van der Waals surface area contributed by atoms with Crippen LogP contribution in [0.15, 0.2) is 42.7 Å². The molecule has 0 radical (unpaired) electrons. The number of rotatable bonds is 4. The smallest absolute Gasteiger partial charge is 0.353 e. The Morgan fingerprint density at radius 1 is 1.16 bits per heavy atom. The number of alkyl halides is 3. The number of halogens is 4. The number of amides is 1. The Bertz CT molecular complexity index is 1150. The van der Waals surface area contributed by atoms with Crippen molar-refractivity contribution in [3.8, 4) is 0 Å². The van der Waals surface area contributed by atoms with E-state index in [2.05, 4.69) is 4.98 Å². The molecule has 1 aliphatic rings. The third kappa shape index (κ3) is 4.17. The van der Waals surface area contributed by atoms with Crippen molar-refractivity contribution in [3.05, 3.63) is 58.9 Å². The first-order valence-corrected chi connectivity index (χ1v) is 10.4. The van der Waals surface area contributed by atoms with E-state index in [1.54, 1.807) is 40.8 Å². The maximum atomic E-state index is 13.3. The molecule has 6 nitrogen and oxygen atoms in total. The predicted molar refractivity (Wildman–Crippen MR) is 115 cm³/mol. The number of aldehydes is 1. The summed E-state index contributed by atoms with van der Waals surface area (Å²) < 4.78 is 40.0. The van der Waals surface area contributed by atoms with E-state index < -0.39 is 17.8 Å². The number of carbonyl (C=O) groups is 2. The van der Waals surface area contributed by atoms with Gasteiger partial charge in [0.05, 0.1) is 22.7 Å². The maximum Gasteiger partial charge on any atom is 0.417 e. The van der Waals surface area contributed by atoms with E-state index in [1.165, 1.54) is 6.07 Å². The van der Waals surface area contributed by atoms with Crippen molar-refractivity contribution in [3.63, 3.8) is 0 Å². The summed E-state index contributed by atoms with van der Waals surface area (Å²) in [4.78, 5) is 32.1. The van der Waals surface area contributed by atoms with Crippen LogP contribution in [0.1, 0.15) is 28.9 Å². The Kier molecular flexibility index (Phi) is 5.85. The standard InChI is InChI=1S/C22H20ClF3N4O2/c1-14(13-31)30-12-18(17-4-3-16(23)10-19(17)30)21(32)29-8-6-28(7-9-29)20-5-2-15(11-27-20)22(24,25)26/h2-5,10-14H,6-9H2,1H3. The van der Waals surface area contributed by atoms with Crippen LogP contribution >= 0.6 is 11.6 Å². The number of benzene rings is 1. The van der Waals surface area contributed by atoms with Gasteiger partial charge in [-0.3, -0.25) is 4.79 Å². The van der Waals surface area contributed by atoms with Crippen LogP contribution < -0.4 is 4.90 Å². The summed E-state index contributed by atoms with van der Waals surface area (Å²) in [7, 11) is 0. The highest BCUT2D eigenvalue weighted by Crippen LogP contribution is 2.30. The fraction of sp³-hybridized carbons (Fsp3) is 0.318. The zero-order chi connectivity index (χ0) is 23.0. The third-order valence-electron chi connectivity index (χ3n) is 5.63. The summed E-state index contributed by atoms with van der Waals surface area (Å²) in [5.41, 5.74) is 0.385. The van der Waals surface area contributed by atoms with Gasteiger partial charge in [0.25, 0.3) is 5.91 Å². The molecule has 10 heteroatoms. The third-order valence-corrected chi connectivity index (χ3v) is 5.86. The molecule has 0 bridgehead atoms. The molecule has 0 spiro atoms. The molecule has 0 saturated carbocycles. The molecule has 168 valence electrons. The number of nitrogens with zero attached hydrogens (tertiary/aromatic N) is 4. The number of carbonyl (C=O) groups excluding carboxylic acids is 2. The number of pyridine rings is 1. The normalized spacial score (nSPS) is 15.8. The van der Waals surface area contributed by atoms with Crippen LogP contribution in [0.2, 0.25) is 5.02 Å². The molecule has 1 atom stereocenters. The second-order valence-electron chi connectivity index (χ2n) is 7.67. The quantitative estimate of drug-likeness (QED) is 0.536. The lowest BCUT2D eigenvalue weighted by Crippen LogP contribution is -2.49. The van der Waals surface area contributed by atoms with Crippen LogP contribution in [0, 0.1) is 0 Å². The van der Waals surface area contributed by atoms with Crippen molar-refractivity contribution in [2.75, 3.05) is 31.1 Å². The number of hydrogen-bond acceptors (Lipinski definition) is 4.